The summed E-state index contributed by atoms with van der Waals surface area (Å²) in [6.45, 7) is 5.50. The summed E-state index contributed by atoms with van der Waals surface area (Å²) in [6.07, 6.45) is 5.22. The third-order valence-corrected chi connectivity index (χ3v) is 5.05. The van der Waals surface area contributed by atoms with Crippen LogP contribution in [0.15, 0.2) is 41.6 Å². The van der Waals surface area contributed by atoms with Crippen molar-refractivity contribution in [2.24, 2.45) is 0 Å². The highest BCUT2D eigenvalue weighted by atomic mass is 32.2. The van der Waals surface area contributed by atoms with Crippen LogP contribution in [0.2, 0.25) is 0 Å². The maximum absolute atomic E-state index is 12.0. The summed E-state index contributed by atoms with van der Waals surface area (Å²) in [5.41, 5.74) is 1.63. The molecule has 2 aromatic rings. The lowest BCUT2D eigenvalue weighted by Gasteiger charge is -2.09. The Labute approximate surface area is 154 Å². The molecule has 0 fully saturated rings. The molecule has 3 N–H and O–H groups in total. The van der Waals surface area contributed by atoms with Crippen molar-refractivity contribution in [2.75, 3.05) is 18.4 Å². The standard InChI is InChI=1S/C17H25N5O3S/c1-3-9-20-26(24,25)16-7-5-15(6-8-16)21-17(23)18-10-4-11-22-13-14(2)12-19-22/h5-8,12-13,20H,3-4,9-11H2,1-2H3,(H2,18,21,23). The molecule has 1 aromatic carbocycles. The number of hydrogen-bond acceptors (Lipinski definition) is 4. The van der Waals surface area contributed by atoms with E-state index in [0.29, 0.717) is 18.8 Å². The van der Waals surface area contributed by atoms with Gasteiger partial charge in [-0.15, -0.1) is 0 Å². The van der Waals surface area contributed by atoms with Crippen LogP contribution in [0.4, 0.5) is 10.5 Å². The van der Waals surface area contributed by atoms with Crippen molar-refractivity contribution in [1.29, 1.82) is 0 Å². The first-order chi connectivity index (χ1) is 12.4. The Morgan fingerprint density at radius 3 is 2.54 bits per heavy atom. The quantitative estimate of drug-likeness (QED) is 0.580. The zero-order chi connectivity index (χ0) is 19.0. The molecular weight excluding hydrogens is 354 g/mol. The summed E-state index contributed by atoms with van der Waals surface area (Å²) >= 11 is 0. The molecule has 142 valence electrons. The van der Waals surface area contributed by atoms with E-state index < -0.39 is 10.0 Å². The van der Waals surface area contributed by atoms with Crippen LogP contribution in [-0.4, -0.2) is 37.3 Å². The molecule has 0 atom stereocenters. The molecule has 0 radical (unpaired) electrons. The van der Waals surface area contributed by atoms with E-state index in [1.807, 2.05) is 24.7 Å². The molecule has 0 aliphatic carbocycles. The molecule has 26 heavy (non-hydrogen) atoms. The Balaban J connectivity index is 1.76. The molecule has 0 unspecified atom stereocenters. The molecule has 2 amide bonds. The highest BCUT2D eigenvalue weighted by Gasteiger charge is 2.12. The van der Waals surface area contributed by atoms with Crippen molar-refractivity contribution in [3.8, 4) is 0 Å². The molecular formula is C17H25N5O3S. The van der Waals surface area contributed by atoms with E-state index in [1.54, 1.807) is 18.3 Å². The Hall–Kier alpha value is -2.39. The van der Waals surface area contributed by atoms with Gasteiger partial charge in [-0.05, 0) is 49.6 Å². The van der Waals surface area contributed by atoms with Gasteiger partial charge in [-0.25, -0.2) is 17.9 Å². The lowest BCUT2D eigenvalue weighted by molar-refractivity contribution is 0.251. The van der Waals surface area contributed by atoms with Crippen molar-refractivity contribution in [1.82, 2.24) is 19.8 Å². The van der Waals surface area contributed by atoms with Crippen LogP contribution >= 0.6 is 0 Å². The number of nitrogens with zero attached hydrogens (tertiary/aromatic N) is 2. The number of benzene rings is 1. The van der Waals surface area contributed by atoms with E-state index >= 15 is 0 Å². The number of carbonyl (C=O) groups is 1. The molecule has 0 bridgehead atoms. The summed E-state index contributed by atoms with van der Waals surface area (Å²) in [4.78, 5) is 12.0. The number of carbonyl (C=O) groups excluding carboxylic acids is 1. The van der Waals surface area contributed by atoms with Crippen LogP contribution in [0, 0.1) is 6.92 Å². The SMILES string of the molecule is CCCNS(=O)(=O)c1ccc(NC(=O)NCCCn2cc(C)cn2)cc1. The molecule has 1 heterocycles. The van der Waals surface area contributed by atoms with Crippen LogP contribution in [0.25, 0.3) is 0 Å². The molecule has 0 aliphatic rings. The van der Waals surface area contributed by atoms with E-state index in [-0.39, 0.29) is 10.9 Å². The molecule has 0 saturated carbocycles. The minimum absolute atomic E-state index is 0.173. The van der Waals surface area contributed by atoms with Crippen molar-refractivity contribution >= 4 is 21.7 Å². The fourth-order valence-corrected chi connectivity index (χ4v) is 3.38. The van der Waals surface area contributed by atoms with E-state index in [2.05, 4.69) is 20.5 Å². The van der Waals surface area contributed by atoms with E-state index in [4.69, 9.17) is 0 Å². The van der Waals surface area contributed by atoms with Crippen molar-refractivity contribution < 1.29 is 13.2 Å². The van der Waals surface area contributed by atoms with Gasteiger partial charge < -0.3 is 10.6 Å². The van der Waals surface area contributed by atoms with Gasteiger partial charge >= 0.3 is 6.03 Å². The number of amides is 2. The smallest absolute Gasteiger partial charge is 0.319 e. The van der Waals surface area contributed by atoms with Gasteiger partial charge in [0.1, 0.15) is 0 Å². The average Bonchev–Trinajstić information content (AvgIpc) is 3.03. The van der Waals surface area contributed by atoms with Crippen LogP contribution in [-0.2, 0) is 16.6 Å². The van der Waals surface area contributed by atoms with Crippen LogP contribution < -0.4 is 15.4 Å². The third kappa shape index (κ3) is 6.16. The number of rotatable bonds is 9. The molecule has 0 saturated heterocycles. The molecule has 8 nitrogen and oxygen atoms in total. The summed E-state index contributed by atoms with van der Waals surface area (Å²) in [5.74, 6) is 0. The molecule has 2 rings (SSSR count). The van der Waals surface area contributed by atoms with Gasteiger partial charge in [0, 0.05) is 31.5 Å². The monoisotopic (exact) mass is 379 g/mol. The maximum Gasteiger partial charge on any atom is 0.319 e. The lowest BCUT2D eigenvalue weighted by atomic mass is 10.3. The summed E-state index contributed by atoms with van der Waals surface area (Å²) in [7, 11) is -3.50. The van der Waals surface area contributed by atoms with Crippen LogP contribution in [0.1, 0.15) is 25.3 Å². The highest BCUT2D eigenvalue weighted by molar-refractivity contribution is 7.89. The van der Waals surface area contributed by atoms with Crippen LogP contribution in [0.3, 0.4) is 0 Å². The Morgan fingerprint density at radius 1 is 1.19 bits per heavy atom. The molecule has 0 spiro atoms. The van der Waals surface area contributed by atoms with Gasteiger partial charge in [0.05, 0.1) is 11.1 Å². The Kier molecular flexibility index (Phi) is 7.16. The Morgan fingerprint density at radius 2 is 1.92 bits per heavy atom. The zero-order valence-electron chi connectivity index (χ0n) is 15.0. The van der Waals surface area contributed by atoms with Gasteiger partial charge in [-0.1, -0.05) is 6.92 Å². The summed E-state index contributed by atoms with van der Waals surface area (Å²) in [5, 5.41) is 9.62. The summed E-state index contributed by atoms with van der Waals surface area (Å²) < 4.78 is 28.3. The topological polar surface area (TPSA) is 105 Å². The third-order valence-electron chi connectivity index (χ3n) is 3.58. The molecule has 9 heteroatoms. The van der Waals surface area contributed by atoms with E-state index in [0.717, 1.165) is 24.9 Å². The maximum atomic E-state index is 12.0. The second kappa shape index (κ2) is 9.35. The van der Waals surface area contributed by atoms with E-state index in [9.17, 15) is 13.2 Å². The average molecular weight is 379 g/mol. The molecule has 0 aliphatic heterocycles. The number of urea groups is 1. The zero-order valence-corrected chi connectivity index (χ0v) is 15.8. The largest absolute Gasteiger partial charge is 0.338 e. The van der Waals surface area contributed by atoms with Gasteiger partial charge in [0.2, 0.25) is 10.0 Å². The van der Waals surface area contributed by atoms with Gasteiger partial charge in [-0.2, -0.15) is 5.10 Å². The highest BCUT2D eigenvalue weighted by Crippen LogP contribution is 2.13. The molecule has 1 aromatic heterocycles. The predicted molar refractivity (Wildman–Crippen MR) is 101 cm³/mol. The fourth-order valence-electron chi connectivity index (χ4n) is 2.24. The van der Waals surface area contributed by atoms with Crippen molar-refractivity contribution in [3.05, 3.63) is 42.2 Å². The van der Waals surface area contributed by atoms with Gasteiger partial charge in [0.15, 0.2) is 0 Å². The number of aromatic nitrogens is 2. The number of hydrogen-bond donors (Lipinski definition) is 3. The van der Waals surface area contributed by atoms with Gasteiger partial charge in [-0.3, -0.25) is 4.68 Å². The predicted octanol–water partition coefficient (Wildman–Crippen LogP) is 2.09. The first kappa shape index (κ1) is 19.9. The van der Waals surface area contributed by atoms with E-state index in [1.165, 1.54) is 12.1 Å². The fraction of sp³-hybridized carbons (Fsp3) is 0.412. The van der Waals surface area contributed by atoms with Crippen molar-refractivity contribution in [3.63, 3.8) is 0 Å². The second-order valence-corrected chi connectivity index (χ2v) is 7.70. The number of anilines is 1. The lowest BCUT2D eigenvalue weighted by Crippen LogP contribution is -2.30. The van der Waals surface area contributed by atoms with Gasteiger partial charge in [0.25, 0.3) is 0 Å². The van der Waals surface area contributed by atoms with Crippen LogP contribution in [0.5, 0.6) is 0 Å². The second-order valence-electron chi connectivity index (χ2n) is 5.94. The normalized spacial score (nSPS) is 11.3. The van der Waals surface area contributed by atoms with Crippen molar-refractivity contribution in [2.45, 2.75) is 38.1 Å². The summed E-state index contributed by atoms with van der Waals surface area (Å²) in [6, 6.07) is 5.72. The number of sulfonamides is 1. The minimum Gasteiger partial charge on any atom is -0.338 e. The Bertz CT molecular complexity index is 815. The first-order valence-corrected chi connectivity index (χ1v) is 10.0. The first-order valence-electron chi connectivity index (χ1n) is 8.54. The number of nitrogens with one attached hydrogen (secondary N) is 3. The number of aryl methyl sites for hydroxylation is 2. The minimum atomic E-state index is -3.50.